The lowest BCUT2D eigenvalue weighted by atomic mass is 10.1. The molecule has 0 spiro atoms. The van der Waals surface area contributed by atoms with Crippen molar-refractivity contribution in [2.24, 2.45) is 5.73 Å². The molecular formula is C11H17BN3O3. The summed E-state index contributed by atoms with van der Waals surface area (Å²) in [6.45, 7) is 2.30. The van der Waals surface area contributed by atoms with E-state index in [-0.39, 0.29) is 14.1 Å². The second-order valence-corrected chi connectivity index (χ2v) is 3.66. The zero-order valence-corrected chi connectivity index (χ0v) is 10.2. The van der Waals surface area contributed by atoms with Gasteiger partial charge in [-0.05, 0) is 24.5 Å². The van der Waals surface area contributed by atoms with Crippen LogP contribution in [0.4, 0.5) is 11.4 Å². The maximum absolute atomic E-state index is 10.3. The van der Waals surface area contributed by atoms with Crippen molar-refractivity contribution in [1.82, 2.24) is 0 Å². The fourth-order valence-corrected chi connectivity index (χ4v) is 1.39. The molecule has 18 heavy (non-hydrogen) atoms. The van der Waals surface area contributed by atoms with E-state index in [2.05, 4.69) is 0 Å². The number of nitrogen functional groups attached to an aromatic ring is 1. The van der Waals surface area contributed by atoms with Gasteiger partial charge in [-0.15, -0.1) is 0 Å². The quantitative estimate of drug-likeness (QED) is 0.353. The molecule has 0 aromatic heterocycles. The van der Waals surface area contributed by atoms with Crippen molar-refractivity contribution in [3.8, 4) is 0 Å². The molecule has 2 rings (SSSR count). The summed E-state index contributed by atoms with van der Waals surface area (Å²) in [6.07, 6.45) is 2.56. The van der Waals surface area contributed by atoms with Crippen LogP contribution in [-0.2, 0) is 11.3 Å². The van der Waals surface area contributed by atoms with Crippen LogP contribution in [0.15, 0.2) is 18.2 Å². The number of rotatable bonds is 2. The Hall–Kier alpha value is -1.60. The molecule has 1 aromatic rings. The summed E-state index contributed by atoms with van der Waals surface area (Å²) in [6, 6.07) is 4.26. The van der Waals surface area contributed by atoms with Crippen molar-refractivity contribution in [3.05, 3.63) is 33.9 Å². The Morgan fingerprint density at radius 2 is 1.94 bits per heavy atom. The van der Waals surface area contributed by atoms with Gasteiger partial charge in [0, 0.05) is 46.0 Å². The first-order valence-corrected chi connectivity index (χ1v) is 5.45. The van der Waals surface area contributed by atoms with Crippen LogP contribution < -0.4 is 11.5 Å². The van der Waals surface area contributed by atoms with Gasteiger partial charge in [0.05, 0.1) is 4.92 Å². The highest BCUT2D eigenvalue weighted by molar-refractivity contribution is 5.75. The van der Waals surface area contributed by atoms with E-state index >= 15 is 0 Å². The zero-order valence-electron chi connectivity index (χ0n) is 10.2. The summed E-state index contributed by atoms with van der Waals surface area (Å²) < 4.78 is 4.94. The van der Waals surface area contributed by atoms with Gasteiger partial charge >= 0.3 is 0 Å². The van der Waals surface area contributed by atoms with Crippen molar-refractivity contribution < 1.29 is 9.66 Å². The van der Waals surface area contributed by atoms with E-state index < -0.39 is 4.92 Å². The summed E-state index contributed by atoms with van der Waals surface area (Å²) >= 11 is 0. The minimum absolute atomic E-state index is 0. The van der Waals surface area contributed by atoms with Gasteiger partial charge < -0.3 is 16.2 Å². The van der Waals surface area contributed by atoms with Crippen LogP contribution in [0.1, 0.15) is 18.4 Å². The zero-order chi connectivity index (χ0) is 12.7. The van der Waals surface area contributed by atoms with Crippen molar-refractivity contribution in [1.29, 1.82) is 0 Å². The molecule has 0 aliphatic carbocycles. The Kier molecular flexibility index (Phi) is 7.74. The van der Waals surface area contributed by atoms with Crippen molar-refractivity contribution in [2.45, 2.75) is 19.4 Å². The maximum atomic E-state index is 10.3. The Morgan fingerprint density at radius 3 is 2.28 bits per heavy atom. The number of nitrogens with two attached hydrogens (primary N) is 2. The predicted octanol–water partition coefficient (Wildman–Crippen LogP) is 1.05. The third kappa shape index (κ3) is 5.16. The van der Waals surface area contributed by atoms with E-state index in [1.165, 1.54) is 25.0 Å². The highest BCUT2D eigenvalue weighted by atomic mass is 16.6. The van der Waals surface area contributed by atoms with Crippen molar-refractivity contribution in [2.75, 3.05) is 18.9 Å². The number of hydrogen-bond donors (Lipinski definition) is 2. The van der Waals surface area contributed by atoms with Crippen LogP contribution in [0.2, 0.25) is 0 Å². The first kappa shape index (κ1) is 16.4. The molecule has 4 N–H and O–H groups in total. The number of benzene rings is 1. The van der Waals surface area contributed by atoms with Crippen molar-refractivity contribution in [3.63, 3.8) is 0 Å². The smallest absolute Gasteiger partial charge is 0.271 e. The normalized spacial score (nSPS) is 13.2. The molecule has 6 nitrogen and oxygen atoms in total. The highest BCUT2D eigenvalue weighted by Crippen LogP contribution is 2.18. The molecule has 0 saturated carbocycles. The van der Waals surface area contributed by atoms with Crippen LogP contribution >= 0.6 is 0 Å². The van der Waals surface area contributed by atoms with Crippen LogP contribution in [0.25, 0.3) is 0 Å². The van der Waals surface area contributed by atoms with E-state index in [0.717, 1.165) is 18.8 Å². The largest absolute Gasteiger partial charge is 0.398 e. The third-order valence-electron chi connectivity index (χ3n) is 2.39. The Morgan fingerprint density at radius 1 is 1.33 bits per heavy atom. The molecule has 1 aliphatic rings. The second kappa shape index (κ2) is 8.49. The van der Waals surface area contributed by atoms with E-state index in [9.17, 15) is 10.1 Å². The second-order valence-electron chi connectivity index (χ2n) is 3.66. The van der Waals surface area contributed by atoms with Crippen LogP contribution in [0, 0.1) is 10.1 Å². The monoisotopic (exact) mass is 250 g/mol. The summed E-state index contributed by atoms with van der Waals surface area (Å²) in [7, 11) is 0. The van der Waals surface area contributed by atoms with E-state index in [1.807, 2.05) is 0 Å². The van der Waals surface area contributed by atoms with Crippen molar-refractivity contribution >= 4 is 19.8 Å². The lowest BCUT2D eigenvalue weighted by molar-refractivity contribution is -0.384. The van der Waals surface area contributed by atoms with Gasteiger partial charge in [-0.1, -0.05) is 0 Å². The topological polar surface area (TPSA) is 104 Å². The van der Waals surface area contributed by atoms with E-state index in [0.29, 0.717) is 12.2 Å². The van der Waals surface area contributed by atoms with Gasteiger partial charge in [0.15, 0.2) is 0 Å². The summed E-state index contributed by atoms with van der Waals surface area (Å²) in [5.41, 5.74) is 11.9. The average molecular weight is 250 g/mol. The molecular weight excluding hydrogens is 233 g/mol. The Bertz CT molecular complexity index is 376. The number of anilines is 1. The molecule has 1 saturated heterocycles. The predicted molar refractivity (Wildman–Crippen MR) is 71.2 cm³/mol. The fourth-order valence-electron chi connectivity index (χ4n) is 1.39. The van der Waals surface area contributed by atoms with Crippen LogP contribution in [-0.4, -0.2) is 26.6 Å². The average Bonchev–Trinajstić information content (AvgIpc) is 2.87. The SMILES string of the molecule is C1CCOC1.NCc1ccc([N+](=O)[O-])cc1N.[B]. The van der Waals surface area contributed by atoms with E-state index in [4.69, 9.17) is 16.2 Å². The van der Waals surface area contributed by atoms with Crippen LogP contribution in [0.5, 0.6) is 0 Å². The summed E-state index contributed by atoms with van der Waals surface area (Å²) in [4.78, 5) is 9.78. The molecule has 1 fully saturated rings. The fraction of sp³-hybridized carbons (Fsp3) is 0.455. The molecule has 0 amide bonds. The minimum Gasteiger partial charge on any atom is -0.398 e. The first-order chi connectivity index (χ1) is 8.15. The van der Waals surface area contributed by atoms with Gasteiger partial charge in [-0.25, -0.2) is 0 Å². The summed E-state index contributed by atoms with van der Waals surface area (Å²) in [5.74, 6) is 0. The van der Waals surface area contributed by atoms with Gasteiger partial charge in [0.1, 0.15) is 0 Å². The Labute approximate surface area is 108 Å². The molecule has 1 aromatic carbocycles. The number of nitrogens with zero attached hydrogens (tertiary/aromatic N) is 1. The summed E-state index contributed by atoms with van der Waals surface area (Å²) in [5, 5.41) is 10.3. The number of nitro groups is 1. The molecule has 1 aliphatic heterocycles. The molecule has 0 atom stereocenters. The molecule has 0 unspecified atom stereocenters. The Balaban J connectivity index is 0.000000405. The van der Waals surface area contributed by atoms with Gasteiger partial charge in [-0.2, -0.15) is 0 Å². The number of nitro benzene ring substituents is 1. The van der Waals surface area contributed by atoms with Crippen LogP contribution in [0.3, 0.4) is 0 Å². The number of hydrogen-bond acceptors (Lipinski definition) is 5. The molecule has 1 heterocycles. The van der Waals surface area contributed by atoms with Gasteiger partial charge in [0.2, 0.25) is 0 Å². The molecule has 0 bridgehead atoms. The standard InChI is InChI=1S/C7H9N3O2.C4H8O.B/c8-4-5-1-2-6(10(11)12)3-7(5)9;1-2-4-5-3-1;/h1-3H,4,8-9H2;1-4H2;. The number of non-ortho nitro benzene ring substituents is 1. The number of ether oxygens (including phenoxy) is 1. The molecule has 97 valence electrons. The first-order valence-electron chi connectivity index (χ1n) is 5.45. The van der Waals surface area contributed by atoms with Gasteiger partial charge in [0.25, 0.3) is 5.69 Å². The third-order valence-corrected chi connectivity index (χ3v) is 2.39. The van der Waals surface area contributed by atoms with E-state index in [1.54, 1.807) is 6.07 Å². The molecule has 7 heteroatoms. The minimum atomic E-state index is -0.489. The van der Waals surface area contributed by atoms with Gasteiger partial charge in [-0.3, -0.25) is 10.1 Å². The molecule has 3 radical (unpaired) electrons. The lowest BCUT2D eigenvalue weighted by Gasteiger charge is -2.00. The highest BCUT2D eigenvalue weighted by Gasteiger charge is 2.06. The lowest BCUT2D eigenvalue weighted by Crippen LogP contribution is -2.02. The maximum Gasteiger partial charge on any atom is 0.271 e.